The summed E-state index contributed by atoms with van der Waals surface area (Å²) in [6.45, 7) is 6.58. The molecule has 2 rings (SSSR count). The molecule has 1 unspecified atom stereocenters. The molecule has 0 aromatic carbocycles. The van der Waals surface area contributed by atoms with E-state index in [2.05, 4.69) is 24.5 Å². The normalized spacial score (nSPS) is 19.3. The lowest BCUT2D eigenvalue weighted by atomic mass is 9.75. The first-order valence-corrected chi connectivity index (χ1v) is 7.62. The number of hydrogen-bond donors (Lipinski definition) is 3. The van der Waals surface area contributed by atoms with Gasteiger partial charge in [-0.05, 0) is 31.2 Å². The molecule has 3 N–H and O–H groups in total. The van der Waals surface area contributed by atoms with Gasteiger partial charge in [-0.15, -0.1) is 0 Å². The molecule has 0 radical (unpaired) electrons. The summed E-state index contributed by atoms with van der Waals surface area (Å²) in [5.41, 5.74) is 1.12. The van der Waals surface area contributed by atoms with Gasteiger partial charge in [0, 0.05) is 24.9 Å². The van der Waals surface area contributed by atoms with Crippen molar-refractivity contribution in [1.82, 2.24) is 10.6 Å². The van der Waals surface area contributed by atoms with Crippen LogP contribution in [0.5, 0.6) is 0 Å². The molecular formula is C16H24N2O4. The molecule has 0 saturated carbocycles. The number of carboxylic acids is 1. The van der Waals surface area contributed by atoms with Crippen LogP contribution in [0.2, 0.25) is 0 Å². The summed E-state index contributed by atoms with van der Waals surface area (Å²) in [6.07, 6.45) is 2.20. The predicted molar refractivity (Wildman–Crippen MR) is 81.7 cm³/mol. The van der Waals surface area contributed by atoms with E-state index in [-0.39, 0.29) is 23.9 Å². The molecule has 1 aromatic rings. The van der Waals surface area contributed by atoms with Gasteiger partial charge in [-0.3, -0.25) is 4.79 Å². The maximum absolute atomic E-state index is 12.0. The molecule has 0 saturated heterocycles. The number of nitrogens with one attached hydrogen (secondary N) is 2. The summed E-state index contributed by atoms with van der Waals surface area (Å²) in [5, 5.41) is 14.3. The van der Waals surface area contributed by atoms with E-state index in [4.69, 9.17) is 9.52 Å². The number of hydrogen-bond acceptors (Lipinski definition) is 3. The van der Waals surface area contributed by atoms with Crippen molar-refractivity contribution in [2.45, 2.75) is 52.5 Å². The van der Waals surface area contributed by atoms with Gasteiger partial charge in [0.1, 0.15) is 11.5 Å². The number of fused-ring (bicyclic) bond motifs is 1. The first kappa shape index (κ1) is 16.4. The quantitative estimate of drug-likeness (QED) is 0.729. The summed E-state index contributed by atoms with van der Waals surface area (Å²) in [4.78, 5) is 22.4. The zero-order valence-electron chi connectivity index (χ0n) is 13.4. The molecule has 1 aliphatic rings. The highest BCUT2D eigenvalue weighted by atomic mass is 16.4. The molecular weight excluding hydrogens is 284 g/mol. The first-order valence-electron chi connectivity index (χ1n) is 7.62. The predicted octanol–water partition coefficient (Wildman–Crippen LogP) is 2.77. The fourth-order valence-corrected chi connectivity index (χ4v) is 2.96. The van der Waals surface area contributed by atoms with Crippen LogP contribution in [-0.4, -0.2) is 23.7 Å². The number of carbonyl (C=O) groups excluding carboxylic acids is 1. The van der Waals surface area contributed by atoms with Crippen molar-refractivity contribution in [3.63, 3.8) is 0 Å². The fraction of sp³-hybridized carbons (Fsp3) is 0.625. The van der Waals surface area contributed by atoms with E-state index >= 15 is 0 Å². The first-order chi connectivity index (χ1) is 10.3. The molecule has 22 heavy (non-hydrogen) atoms. The maximum atomic E-state index is 12.0. The topological polar surface area (TPSA) is 91.6 Å². The number of aliphatic carboxylic acids is 1. The minimum Gasteiger partial charge on any atom is -0.481 e. The molecule has 1 atom stereocenters. The summed E-state index contributed by atoms with van der Waals surface area (Å²) < 4.78 is 5.74. The SMILES string of the molecule is Cc1cc2c(o1)CC(C)(C)CC2NC(=O)NCCCC(=O)O. The van der Waals surface area contributed by atoms with Crippen LogP contribution in [0.3, 0.4) is 0 Å². The van der Waals surface area contributed by atoms with Crippen LogP contribution in [-0.2, 0) is 11.2 Å². The molecule has 2 amide bonds. The molecule has 1 aliphatic carbocycles. The third-order valence-corrected chi connectivity index (χ3v) is 3.89. The van der Waals surface area contributed by atoms with Gasteiger partial charge in [0.05, 0.1) is 6.04 Å². The van der Waals surface area contributed by atoms with Crippen molar-refractivity contribution in [3.8, 4) is 0 Å². The summed E-state index contributed by atoms with van der Waals surface area (Å²) in [6, 6.07) is 1.65. The third kappa shape index (κ3) is 4.26. The maximum Gasteiger partial charge on any atom is 0.315 e. The zero-order valence-corrected chi connectivity index (χ0v) is 13.4. The lowest BCUT2D eigenvalue weighted by Gasteiger charge is -2.34. The second kappa shape index (κ2) is 6.42. The van der Waals surface area contributed by atoms with Crippen LogP contribution >= 0.6 is 0 Å². The van der Waals surface area contributed by atoms with Gasteiger partial charge < -0.3 is 20.2 Å². The van der Waals surface area contributed by atoms with Crippen LogP contribution in [0.25, 0.3) is 0 Å². The number of furan rings is 1. The second-order valence-corrected chi connectivity index (χ2v) is 6.73. The lowest BCUT2D eigenvalue weighted by molar-refractivity contribution is -0.137. The van der Waals surface area contributed by atoms with E-state index < -0.39 is 5.97 Å². The van der Waals surface area contributed by atoms with Gasteiger partial charge >= 0.3 is 12.0 Å². The van der Waals surface area contributed by atoms with Gasteiger partial charge in [-0.1, -0.05) is 13.8 Å². The average molecular weight is 308 g/mol. The summed E-state index contributed by atoms with van der Waals surface area (Å²) >= 11 is 0. The molecule has 6 nitrogen and oxygen atoms in total. The molecule has 0 fully saturated rings. The molecule has 122 valence electrons. The van der Waals surface area contributed by atoms with Crippen molar-refractivity contribution in [3.05, 3.63) is 23.2 Å². The molecule has 0 aliphatic heterocycles. The van der Waals surface area contributed by atoms with Crippen molar-refractivity contribution in [1.29, 1.82) is 0 Å². The molecule has 0 bridgehead atoms. The van der Waals surface area contributed by atoms with E-state index in [1.807, 2.05) is 13.0 Å². The molecule has 1 heterocycles. The van der Waals surface area contributed by atoms with Gasteiger partial charge in [0.2, 0.25) is 0 Å². The van der Waals surface area contributed by atoms with Crippen molar-refractivity contribution < 1.29 is 19.1 Å². The Morgan fingerprint density at radius 3 is 2.86 bits per heavy atom. The Morgan fingerprint density at radius 2 is 2.18 bits per heavy atom. The fourth-order valence-electron chi connectivity index (χ4n) is 2.96. The number of amides is 2. The van der Waals surface area contributed by atoms with E-state index in [9.17, 15) is 9.59 Å². The summed E-state index contributed by atoms with van der Waals surface area (Å²) in [7, 11) is 0. The van der Waals surface area contributed by atoms with Gasteiger partial charge in [0.15, 0.2) is 0 Å². The minimum atomic E-state index is -0.852. The Hall–Kier alpha value is -1.98. The van der Waals surface area contributed by atoms with Crippen molar-refractivity contribution in [2.24, 2.45) is 5.41 Å². The highest BCUT2D eigenvalue weighted by Gasteiger charge is 2.35. The number of carboxylic acid groups (broad SMARTS) is 1. The number of rotatable bonds is 5. The van der Waals surface area contributed by atoms with Crippen LogP contribution < -0.4 is 10.6 Å². The van der Waals surface area contributed by atoms with E-state index in [1.54, 1.807) is 0 Å². The van der Waals surface area contributed by atoms with E-state index in [0.717, 1.165) is 29.9 Å². The highest BCUT2D eigenvalue weighted by Crippen LogP contribution is 2.41. The Labute approximate surface area is 130 Å². The Bertz CT molecular complexity index is 562. The van der Waals surface area contributed by atoms with Gasteiger partial charge in [-0.2, -0.15) is 0 Å². The van der Waals surface area contributed by atoms with Crippen LogP contribution in [0.1, 0.15) is 56.2 Å². The van der Waals surface area contributed by atoms with Crippen LogP contribution in [0, 0.1) is 12.3 Å². The third-order valence-electron chi connectivity index (χ3n) is 3.89. The zero-order chi connectivity index (χ0) is 16.3. The van der Waals surface area contributed by atoms with Crippen molar-refractivity contribution in [2.75, 3.05) is 6.54 Å². The molecule has 1 aromatic heterocycles. The molecule has 6 heteroatoms. The number of carbonyl (C=O) groups is 2. The largest absolute Gasteiger partial charge is 0.481 e. The standard InChI is InChI=1S/C16H24N2O4/c1-10-7-11-12(8-16(2,3)9-13(11)22-10)18-15(21)17-6-4-5-14(19)20/h7,12H,4-6,8-9H2,1-3H3,(H,19,20)(H2,17,18,21). The highest BCUT2D eigenvalue weighted by molar-refractivity contribution is 5.74. The average Bonchev–Trinajstić information content (AvgIpc) is 2.73. The summed E-state index contributed by atoms with van der Waals surface area (Å²) in [5.74, 6) is 0.955. The minimum absolute atomic E-state index is 0.0574. The lowest BCUT2D eigenvalue weighted by Crippen LogP contribution is -2.41. The number of urea groups is 1. The van der Waals surface area contributed by atoms with E-state index in [1.165, 1.54) is 0 Å². The molecule has 0 spiro atoms. The Morgan fingerprint density at radius 1 is 1.45 bits per heavy atom. The number of aryl methyl sites for hydroxylation is 1. The van der Waals surface area contributed by atoms with Gasteiger partial charge in [-0.25, -0.2) is 4.79 Å². The Balaban J connectivity index is 1.94. The van der Waals surface area contributed by atoms with Crippen LogP contribution in [0.15, 0.2) is 10.5 Å². The van der Waals surface area contributed by atoms with Crippen molar-refractivity contribution >= 4 is 12.0 Å². The smallest absolute Gasteiger partial charge is 0.315 e. The second-order valence-electron chi connectivity index (χ2n) is 6.73. The van der Waals surface area contributed by atoms with Gasteiger partial charge in [0.25, 0.3) is 0 Å². The Kier molecular flexibility index (Phi) is 4.78. The van der Waals surface area contributed by atoms with E-state index in [0.29, 0.717) is 13.0 Å². The van der Waals surface area contributed by atoms with Crippen LogP contribution in [0.4, 0.5) is 4.79 Å². The monoisotopic (exact) mass is 308 g/mol.